The quantitative estimate of drug-likeness (QED) is 0.233. The van der Waals surface area contributed by atoms with E-state index in [4.69, 9.17) is 30.6 Å². The Bertz CT molecular complexity index is 717. The summed E-state index contributed by atoms with van der Waals surface area (Å²) in [5.74, 6) is -2.51. The molecule has 1 aromatic rings. The zero-order chi connectivity index (χ0) is 20.9. The van der Waals surface area contributed by atoms with Crippen molar-refractivity contribution in [2.24, 2.45) is 11.7 Å². The Kier molecular flexibility index (Phi) is 6.88. The van der Waals surface area contributed by atoms with Gasteiger partial charge in [-0.15, -0.1) is 10.2 Å². The molecular formula is C15H23N5O8. The molecule has 1 aliphatic carbocycles. The van der Waals surface area contributed by atoms with Crippen LogP contribution >= 0.6 is 0 Å². The number of aliphatic carboxylic acids is 2. The van der Waals surface area contributed by atoms with Gasteiger partial charge in [0.25, 0.3) is 0 Å². The molecule has 28 heavy (non-hydrogen) atoms. The van der Waals surface area contributed by atoms with Crippen LogP contribution in [0.4, 0.5) is 4.79 Å². The lowest BCUT2D eigenvalue weighted by atomic mass is 9.69. The molecule has 2 rings (SSSR count). The number of hydrogen-bond acceptors (Lipinski definition) is 9. The number of aliphatic hydroxyl groups is 2. The van der Waals surface area contributed by atoms with Crippen molar-refractivity contribution in [3.63, 3.8) is 0 Å². The van der Waals surface area contributed by atoms with Gasteiger partial charge in [0, 0.05) is 13.0 Å². The number of rotatable bonds is 10. The highest BCUT2D eigenvalue weighted by Crippen LogP contribution is 2.42. The van der Waals surface area contributed by atoms with Crippen LogP contribution in [-0.4, -0.2) is 67.8 Å². The van der Waals surface area contributed by atoms with Crippen molar-refractivity contribution >= 4 is 18.0 Å². The number of nitrogens with two attached hydrogens (primary N) is 1. The number of carbonyl (C=O) groups excluding carboxylic acids is 1. The smallest absolute Gasteiger partial charge is 0.328 e. The molecule has 1 aliphatic rings. The van der Waals surface area contributed by atoms with E-state index in [-0.39, 0.29) is 37.1 Å². The Morgan fingerprint density at radius 2 is 1.89 bits per heavy atom. The van der Waals surface area contributed by atoms with Gasteiger partial charge in [-0.2, -0.15) is 0 Å². The van der Waals surface area contributed by atoms with E-state index < -0.39 is 42.2 Å². The molecular weight excluding hydrogens is 378 g/mol. The molecule has 13 heteroatoms. The third kappa shape index (κ3) is 5.15. The highest BCUT2D eigenvalue weighted by molar-refractivity contribution is 5.82. The lowest BCUT2D eigenvalue weighted by Crippen LogP contribution is -2.50. The first-order chi connectivity index (χ1) is 13.2. The van der Waals surface area contributed by atoms with Gasteiger partial charge < -0.3 is 41.2 Å². The second kappa shape index (κ2) is 8.95. The molecule has 0 bridgehead atoms. The first-order valence-electron chi connectivity index (χ1n) is 8.54. The molecule has 0 unspecified atom stereocenters. The SMILES string of the molecule is NC1(c2nnc([C@H](CCC(=O)O)NC(=O)N[C@@H](CO)C(=O)O)o2)CC(CO)C1. The van der Waals surface area contributed by atoms with Gasteiger partial charge in [0.05, 0.1) is 12.1 Å². The summed E-state index contributed by atoms with van der Waals surface area (Å²) >= 11 is 0. The normalized spacial score (nSPS) is 23.3. The van der Waals surface area contributed by atoms with E-state index in [0.717, 1.165) is 0 Å². The predicted octanol–water partition coefficient (Wildman–Crippen LogP) is -1.72. The minimum absolute atomic E-state index is 0.0154. The Hall–Kier alpha value is -2.77. The predicted molar refractivity (Wildman–Crippen MR) is 89.8 cm³/mol. The van der Waals surface area contributed by atoms with Crippen LogP contribution in [0, 0.1) is 5.92 Å². The van der Waals surface area contributed by atoms with E-state index in [9.17, 15) is 14.4 Å². The molecule has 0 aromatic carbocycles. The number of aromatic nitrogens is 2. The van der Waals surface area contributed by atoms with Crippen molar-refractivity contribution in [3.8, 4) is 0 Å². The van der Waals surface area contributed by atoms with Crippen molar-refractivity contribution < 1.29 is 39.2 Å². The van der Waals surface area contributed by atoms with Crippen molar-refractivity contribution in [2.75, 3.05) is 13.2 Å². The Morgan fingerprint density at radius 1 is 1.21 bits per heavy atom. The van der Waals surface area contributed by atoms with Crippen LogP contribution in [0.1, 0.15) is 43.5 Å². The number of hydrogen-bond donors (Lipinski definition) is 7. The van der Waals surface area contributed by atoms with Crippen LogP contribution in [-0.2, 0) is 15.1 Å². The third-order valence-electron chi connectivity index (χ3n) is 4.47. The fourth-order valence-corrected chi connectivity index (χ4v) is 2.92. The fraction of sp³-hybridized carbons (Fsp3) is 0.667. The minimum Gasteiger partial charge on any atom is -0.481 e. The van der Waals surface area contributed by atoms with Crippen molar-refractivity contribution in [1.82, 2.24) is 20.8 Å². The molecule has 0 saturated heterocycles. The molecule has 1 saturated carbocycles. The number of carbonyl (C=O) groups is 3. The summed E-state index contributed by atoms with van der Waals surface area (Å²) in [5.41, 5.74) is 5.25. The monoisotopic (exact) mass is 401 g/mol. The largest absolute Gasteiger partial charge is 0.481 e. The average Bonchev–Trinajstić information content (AvgIpc) is 3.10. The summed E-state index contributed by atoms with van der Waals surface area (Å²) in [7, 11) is 0. The number of carboxylic acid groups (broad SMARTS) is 2. The molecule has 1 aromatic heterocycles. The van der Waals surface area contributed by atoms with E-state index in [1.807, 2.05) is 5.32 Å². The lowest BCUT2D eigenvalue weighted by molar-refractivity contribution is -0.140. The number of aliphatic hydroxyl groups excluding tert-OH is 2. The first-order valence-corrected chi connectivity index (χ1v) is 8.54. The summed E-state index contributed by atoms with van der Waals surface area (Å²) in [6.07, 6.45) is 0.453. The highest BCUT2D eigenvalue weighted by Gasteiger charge is 2.46. The molecule has 1 heterocycles. The maximum atomic E-state index is 12.0. The van der Waals surface area contributed by atoms with Crippen LogP contribution in [0.5, 0.6) is 0 Å². The molecule has 0 spiro atoms. The van der Waals surface area contributed by atoms with Crippen LogP contribution in [0.2, 0.25) is 0 Å². The molecule has 8 N–H and O–H groups in total. The molecule has 2 atom stereocenters. The Labute approximate surface area is 158 Å². The zero-order valence-electron chi connectivity index (χ0n) is 14.9. The topological polar surface area (TPSA) is 221 Å². The standard InChI is InChI=1S/C15H23N5O8/c16-15(3-7(4-15)5-21)13-20-19-11(28-13)8(1-2-10(23)24)17-14(27)18-9(6-22)12(25)26/h7-9,21-22H,1-6,16H2,(H,23,24)(H,25,26)(H2,17,18,27)/t7?,8-,9-,15?/m0/s1. The molecule has 0 aliphatic heterocycles. The average molecular weight is 401 g/mol. The van der Waals surface area contributed by atoms with Crippen LogP contribution in [0.3, 0.4) is 0 Å². The molecule has 0 radical (unpaired) electrons. The Morgan fingerprint density at radius 3 is 2.43 bits per heavy atom. The van der Waals surface area contributed by atoms with Crippen molar-refractivity contribution in [2.45, 2.75) is 43.3 Å². The van der Waals surface area contributed by atoms with Crippen molar-refractivity contribution in [3.05, 3.63) is 11.8 Å². The molecule has 13 nitrogen and oxygen atoms in total. The van der Waals surface area contributed by atoms with Crippen LogP contribution in [0.15, 0.2) is 4.42 Å². The van der Waals surface area contributed by atoms with E-state index in [2.05, 4.69) is 15.5 Å². The second-order valence-corrected chi connectivity index (χ2v) is 6.73. The van der Waals surface area contributed by atoms with E-state index in [1.165, 1.54) is 0 Å². The summed E-state index contributed by atoms with van der Waals surface area (Å²) < 4.78 is 5.53. The number of urea groups is 1. The summed E-state index contributed by atoms with van der Waals surface area (Å²) in [6.45, 7) is -0.840. The van der Waals surface area contributed by atoms with E-state index in [0.29, 0.717) is 12.8 Å². The highest BCUT2D eigenvalue weighted by atomic mass is 16.4. The lowest BCUT2D eigenvalue weighted by Gasteiger charge is -2.41. The number of nitrogens with one attached hydrogen (secondary N) is 2. The fourth-order valence-electron chi connectivity index (χ4n) is 2.92. The van der Waals surface area contributed by atoms with Crippen LogP contribution < -0.4 is 16.4 Å². The number of carboxylic acids is 2. The Balaban J connectivity index is 2.09. The molecule has 1 fully saturated rings. The number of amides is 2. The minimum atomic E-state index is -1.53. The summed E-state index contributed by atoms with van der Waals surface area (Å²) in [5, 5.41) is 47.9. The second-order valence-electron chi connectivity index (χ2n) is 6.73. The maximum absolute atomic E-state index is 12.0. The van der Waals surface area contributed by atoms with E-state index >= 15 is 0 Å². The number of nitrogens with zero attached hydrogens (tertiary/aromatic N) is 2. The van der Waals surface area contributed by atoms with Crippen LogP contribution in [0.25, 0.3) is 0 Å². The summed E-state index contributed by atoms with van der Waals surface area (Å²) in [4.78, 5) is 33.8. The maximum Gasteiger partial charge on any atom is 0.328 e. The van der Waals surface area contributed by atoms with E-state index in [1.54, 1.807) is 0 Å². The van der Waals surface area contributed by atoms with Gasteiger partial charge in [-0.25, -0.2) is 9.59 Å². The zero-order valence-corrected chi connectivity index (χ0v) is 14.9. The van der Waals surface area contributed by atoms with Gasteiger partial charge in [-0.3, -0.25) is 4.79 Å². The summed E-state index contributed by atoms with van der Waals surface area (Å²) in [6, 6.07) is -3.50. The van der Waals surface area contributed by atoms with Gasteiger partial charge >= 0.3 is 18.0 Å². The van der Waals surface area contributed by atoms with Gasteiger partial charge in [0.2, 0.25) is 11.8 Å². The van der Waals surface area contributed by atoms with Gasteiger partial charge in [0.15, 0.2) is 6.04 Å². The van der Waals surface area contributed by atoms with Gasteiger partial charge in [-0.05, 0) is 25.2 Å². The molecule has 2 amide bonds. The molecule has 156 valence electrons. The third-order valence-corrected chi connectivity index (χ3v) is 4.47. The first kappa shape index (κ1) is 21.5. The van der Waals surface area contributed by atoms with Gasteiger partial charge in [0.1, 0.15) is 6.04 Å². The van der Waals surface area contributed by atoms with Crippen molar-refractivity contribution in [1.29, 1.82) is 0 Å². The van der Waals surface area contributed by atoms with Gasteiger partial charge in [-0.1, -0.05) is 0 Å².